The molecule has 1 heterocycles. The molecule has 7 heteroatoms. The molecule has 0 saturated carbocycles. The van der Waals surface area contributed by atoms with Crippen LogP contribution in [0.2, 0.25) is 0 Å². The second kappa shape index (κ2) is 10.9. The van der Waals surface area contributed by atoms with Crippen LogP contribution >= 0.6 is 0 Å². The highest BCUT2D eigenvalue weighted by atomic mass is 16.5. The summed E-state index contributed by atoms with van der Waals surface area (Å²) in [6, 6.07) is 11.5. The standard InChI is InChI=1S/C20H28N4O3/c1-5-26-19-16(9-8-12-22-19)14-24-20(21-3)23-13-15(2)27-18-11-7-6-10-17(18)25-4/h6-12,15H,5,13-14H2,1-4H3,(H2,21,23,24). The summed E-state index contributed by atoms with van der Waals surface area (Å²) in [6.07, 6.45) is 1.65. The summed E-state index contributed by atoms with van der Waals surface area (Å²) in [7, 11) is 3.36. The Labute approximate surface area is 160 Å². The molecule has 0 amide bonds. The van der Waals surface area contributed by atoms with Crippen molar-refractivity contribution in [3.8, 4) is 17.4 Å². The van der Waals surface area contributed by atoms with E-state index in [1.165, 1.54) is 0 Å². The predicted molar refractivity (Wildman–Crippen MR) is 107 cm³/mol. The molecule has 1 unspecified atom stereocenters. The largest absolute Gasteiger partial charge is 0.493 e. The summed E-state index contributed by atoms with van der Waals surface area (Å²) in [4.78, 5) is 8.50. The van der Waals surface area contributed by atoms with Gasteiger partial charge in [0.2, 0.25) is 5.88 Å². The number of ether oxygens (including phenoxy) is 3. The average molecular weight is 372 g/mol. The summed E-state index contributed by atoms with van der Waals surface area (Å²) < 4.78 is 16.8. The summed E-state index contributed by atoms with van der Waals surface area (Å²) >= 11 is 0. The van der Waals surface area contributed by atoms with Crippen LogP contribution in [0.3, 0.4) is 0 Å². The van der Waals surface area contributed by atoms with Crippen molar-refractivity contribution >= 4 is 5.96 Å². The Hall–Kier alpha value is -2.96. The second-order valence-electron chi connectivity index (χ2n) is 5.79. The lowest BCUT2D eigenvalue weighted by Gasteiger charge is -2.19. The van der Waals surface area contributed by atoms with Crippen molar-refractivity contribution in [3.05, 3.63) is 48.2 Å². The summed E-state index contributed by atoms with van der Waals surface area (Å²) in [5.74, 6) is 2.74. The van der Waals surface area contributed by atoms with Crippen LogP contribution in [0, 0.1) is 0 Å². The van der Waals surface area contributed by atoms with Crippen molar-refractivity contribution in [1.29, 1.82) is 0 Å². The summed E-state index contributed by atoms with van der Waals surface area (Å²) in [6.45, 7) is 5.65. The molecular formula is C20H28N4O3. The van der Waals surface area contributed by atoms with Crippen molar-refractivity contribution in [2.45, 2.75) is 26.5 Å². The number of nitrogens with zero attached hydrogens (tertiary/aromatic N) is 2. The van der Waals surface area contributed by atoms with Gasteiger partial charge in [0.05, 0.1) is 20.3 Å². The number of methoxy groups -OCH3 is 1. The first-order valence-corrected chi connectivity index (χ1v) is 8.98. The zero-order chi connectivity index (χ0) is 19.5. The van der Waals surface area contributed by atoms with Crippen LogP contribution in [0.15, 0.2) is 47.6 Å². The number of nitrogens with one attached hydrogen (secondary N) is 2. The molecule has 0 spiro atoms. The minimum absolute atomic E-state index is 0.0720. The summed E-state index contributed by atoms with van der Waals surface area (Å²) in [5.41, 5.74) is 0.973. The minimum atomic E-state index is -0.0720. The predicted octanol–water partition coefficient (Wildman–Crippen LogP) is 2.62. The maximum atomic E-state index is 5.94. The number of hydrogen-bond acceptors (Lipinski definition) is 5. The molecule has 146 valence electrons. The number of guanidine groups is 1. The smallest absolute Gasteiger partial charge is 0.218 e. The van der Waals surface area contributed by atoms with Gasteiger partial charge in [0.15, 0.2) is 17.5 Å². The maximum absolute atomic E-state index is 5.94. The van der Waals surface area contributed by atoms with Gasteiger partial charge < -0.3 is 24.8 Å². The first-order chi connectivity index (χ1) is 13.2. The fourth-order valence-electron chi connectivity index (χ4n) is 2.44. The van der Waals surface area contributed by atoms with E-state index < -0.39 is 0 Å². The second-order valence-corrected chi connectivity index (χ2v) is 5.79. The molecule has 2 rings (SSSR count). The first-order valence-electron chi connectivity index (χ1n) is 8.98. The van der Waals surface area contributed by atoms with E-state index in [0.717, 1.165) is 5.56 Å². The SMILES string of the molecule is CCOc1ncccc1CNC(=NC)NCC(C)Oc1ccccc1OC. The molecule has 1 atom stereocenters. The van der Waals surface area contributed by atoms with Gasteiger partial charge in [0, 0.05) is 25.4 Å². The van der Waals surface area contributed by atoms with Gasteiger partial charge >= 0.3 is 0 Å². The quantitative estimate of drug-likeness (QED) is 0.520. The van der Waals surface area contributed by atoms with Crippen LogP contribution in [-0.4, -0.2) is 44.4 Å². The van der Waals surface area contributed by atoms with E-state index in [2.05, 4.69) is 20.6 Å². The molecule has 2 N–H and O–H groups in total. The average Bonchev–Trinajstić information content (AvgIpc) is 2.70. The number of para-hydroxylation sites is 2. The van der Waals surface area contributed by atoms with Crippen LogP contribution < -0.4 is 24.8 Å². The molecule has 0 fully saturated rings. The van der Waals surface area contributed by atoms with E-state index in [1.807, 2.05) is 50.2 Å². The third-order valence-electron chi connectivity index (χ3n) is 3.76. The first kappa shape index (κ1) is 20.4. The highest BCUT2D eigenvalue weighted by molar-refractivity contribution is 5.79. The van der Waals surface area contributed by atoms with E-state index in [0.29, 0.717) is 43.0 Å². The van der Waals surface area contributed by atoms with Crippen molar-refractivity contribution < 1.29 is 14.2 Å². The molecular weight excluding hydrogens is 344 g/mol. The van der Waals surface area contributed by atoms with Crippen molar-refractivity contribution in [2.75, 3.05) is 27.3 Å². The summed E-state index contributed by atoms with van der Waals surface area (Å²) in [5, 5.41) is 6.53. The van der Waals surface area contributed by atoms with E-state index >= 15 is 0 Å². The van der Waals surface area contributed by atoms with Gasteiger partial charge in [-0.3, -0.25) is 4.99 Å². The normalized spacial score (nSPS) is 12.2. The van der Waals surface area contributed by atoms with Crippen LogP contribution in [0.4, 0.5) is 0 Å². The molecule has 2 aromatic rings. The van der Waals surface area contributed by atoms with Crippen LogP contribution in [0.25, 0.3) is 0 Å². The molecule has 0 bridgehead atoms. The Morgan fingerprint density at radius 2 is 1.93 bits per heavy atom. The van der Waals surface area contributed by atoms with Crippen molar-refractivity contribution in [3.63, 3.8) is 0 Å². The van der Waals surface area contributed by atoms with Gasteiger partial charge in [-0.25, -0.2) is 4.98 Å². The molecule has 0 saturated heterocycles. The van der Waals surface area contributed by atoms with Crippen LogP contribution in [-0.2, 0) is 6.54 Å². The number of aliphatic imine (C=N–C) groups is 1. The van der Waals surface area contributed by atoms with E-state index in [-0.39, 0.29) is 6.10 Å². The third kappa shape index (κ3) is 6.36. The van der Waals surface area contributed by atoms with Gasteiger partial charge in [-0.05, 0) is 32.0 Å². The molecule has 0 aliphatic heterocycles. The lowest BCUT2D eigenvalue weighted by Crippen LogP contribution is -2.41. The molecule has 1 aromatic carbocycles. The van der Waals surface area contributed by atoms with Crippen LogP contribution in [0.1, 0.15) is 19.4 Å². The van der Waals surface area contributed by atoms with Crippen molar-refractivity contribution in [2.24, 2.45) is 4.99 Å². The number of hydrogen-bond donors (Lipinski definition) is 2. The fourth-order valence-corrected chi connectivity index (χ4v) is 2.44. The molecule has 0 aliphatic rings. The Balaban J connectivity index is 1.85. The third-order valence-corrected chi connectivity index (χ3v) is 3.76. The topological polar surface area (TPSA) is 77.0 Å². The molecule has 27 heavy (non-hydrogen) atoms. The van der Waals surface area contributed by atoms with Gasteiger partial charge in [-0.2, -0.15) is 0 Å². The Morgan fingerprint density at radius 3 is 2.63 bits per heavy atom. The van der Waals surface area contributed by atoms with Gasteiger partial charge in [-0.15, -0.1) is 0 Å². The highest BCUT2D eigenvalue weighted by Gasteiger charge is 2.10. The molecule has 1 aromatic heterocycles. The zero-order valence-electron chi connectivity index (χ0n) is 16.4. The van der Waals surface area contributed by atoms with Gasteiger partial charge in [-0.1, -0.05) is 18.2 Å². The van der Waals surface area contributed by atoms with E-state index in [1.54, 1.807) is 20.4 Å². The van der Waals surface area contributed by atoms with Gasteiger partial charge in [0.1, 0.15) is 6.10 Å². The minimum Gasteiger partial charge on any atom is -0.493 e. The fraction of sp³-hybridized carbons (Fsp3) is 0.400. The highest BCUT2D eigenvalue weighted by Crippen LogP contribution is 2.26. The van der Waals surface area contributed by atoms with Crippen molar-refractivity contribution in [1.82, 2.24) is 15.6 Å². The Kier molecular flexibility index (Phi) is 8.22. The molecule has 0 radical (unpaired) electrons. The molecule has 7 nitrogen and oxygen atoms in total. The van der Waals surface area contributed by atoms with Crippen LogP contribution in [0.5, 0.6) is 17.4 Å². The number of aromatic nitrogens is 1. The lowest BCUT2D eigenvalue weighted by atomic mass is 10.2. The zero-order valence-corrected chi connectivity index (χ0v) is 16.4. The Morgan fingerprint density at radius 1 is 1.15 bits per heavy atom. The monoisotopic (exact) mass is 372 g/mol. The number of pyridine rings is 1. The lowest BCUT2D eigenvalue weighted by molar-refractivity contribution is 0.213. The molecule has 0 aliphatic carbocycles. The maximum Gasteiger partial charge on any atom is 0.218 e. The van der Waals surface area contributed by atoms with E-state index in [4.69, 9.17) is 14.2 Å². The van der Waals surface area contributed by atoms with Gasteiger partial charge in [0.25, 0.3) is 0 Å². The van der Waals surface area contributed by atoms with E-state index in [9.17, 15) is 0 Å². The number of rotatable bonds is 9. The number of benzene rings is 1. The Bertz CT molecular complexity index is 737.